The molecule has 7 nitrogen and oxygen atoms in total. The molecule has 1 aromatic carbocycles. The van der Waals surface area contributed by atoms with Crippen molar-refractivity contribution in [2.75, 3.05) is 27.4 Å². The van der Waals surface area contributed by atoms with E-state index >= 15 is 0 Å². The Morgan fingerprint density at radius 3 is 2.59 bits per heavy atom. The average Bonchev–Trinajstić information content (AvgIpc) is 3.22. The van der Waals surface area contributed by atoms with Crippen LogP contribution in [0.25, 0.3) is 6.08 Å². The highest BCUT2D eigenvalue weighted by Gasteiger charge is 2.23. The van der Waals surface area contributed by atoms with Crippen LogP contribution < -0.4 is 9.47 Å². The number of hydrogen-bond donors (Lipinski definition) is 0. The lowest BCUT2D eigenvalue weighted by Crippen LogP contribution is -2.38. The lowest BCUT2D eigenvalue weighted by molar-refractivity contribution is -0.148. The smallest absolute Gasteiger partial charge is 0.331 e. The van der Waals surface area contributed by atoms with Gasteiger partial charge in [0.05, 0.1) is 20.5 Å². The molecule has 0 fully saturated rings. The Bertz CT molecular complexity index is 840. The van der Waals surface area contributed by atoms with Crippen LogP contribution in [-0.2, 0) is 27.3 Å². The Morgan fingerprint density at radius 2 is 1.93 bits per heavy atom. The average molecular weight is 371 g/mol. The van der Waals surface area contributed by atoms with Gasteiger partial charge in [0, 0.05) is 19.2 Å². The maximum Gasteiger partial charge on any atom is 0.331 e. The lowest BCUT2D eigenvalue weighted by atomic mass is 9.99. The summed E-state index contributed by atoms with van der Waals surface area (Å²) in [5.41, 5.74) is 2.12. The SMILES string of the molecule is COc1cc2c(cc1OC)CN(C(=O)COC(=O)/C=C/c1ccco1)CC2. The van der Waals surface area contributed by atoms with Crippen molar-refractivity contribution in [3.8, 4) is 11.5 Å². The summed E-state index contributed by atoms with van der Waals surface area (Å²) in [5.74, 6) is 1.00. The summed E-state index contributed by atoms with van der Waals surface area (Å²) in [6.07, 6.45) is 4.93. The Labute approximate surface area is 157 Å². The third-order valence-electron chi connectivity index (χ3n) is 4.34. The normalized spacial score (nSPS) is 13.3. The van der Waals surface area contributed by atoms with E-state index in [0.29, 0.717) is 36.8 Å². The molecule has 1 aliphatic rings. The summed E-state index contributed by atoms with van der Waals surface area (Å²) in [4.78, 5) is 25.8. The van der Waals surface area contributed by atoms with E-state index in [2.05, 4.69) is 0 Å². The van der Waals surface area contributed by atoms with Gasteiger partial charge in [0.1, 0.15) is 5.76 Å². The van der Waals surface area contributed by atoms with Crippen molar-refractivity contribution in [2.45, 2.75) is 13.0 Å². The van der Waals surface area contributed by atoms with Gasteiger partial charge in [0.15, 0.2) is 18.1 Å². The number of fused-ring (bicyclic) bond motifs is 1. The van der Waals surface area contributed by atoms with E-state index in [1.54, 1.807) is 31.3 Å². The van der Waals surface area contributed by atoms with Crippen molar-refractivity contribution in [1.82, 2.24) is 4.90 Å². The highest BCUT2D eigenvalue weighted by Crippen LogP contribution is 2.33. The van der Waals surface area contributed by atoms with E-state index < -0.39 is 5.97 Å². The van der Waals surface area contributed by atoms with E-state index in [0.717, 1.165) is 11.1 Å². The minimum Gasteiger partial charge on any atom is -0.493 e. The zero-order valence-electron chi connectivity index (χ0n) is 15.3. The quantitative estimate of drug-likeness (QED) is 0.573. The monoisotopic (exact) mass is 371 g/mol. The van der Waals surface area contributed by atoms with Crippen LogP contribution in [0.3, 0.4) is 0 Å². The largest absolute Gasteiger partial charge is 0.493 e. The zero-order chi connectivity index (χ0) is 19.2. The maximum atomic E-state index is 12.4. The number of amides is 1. The zero-order valence-corrected chi connectivity index (χ0v) is 15.3. The fraction of sp³-hybridized carbons (Fsp3) is 0.300. The summed E-state index contributed by atoms with van der Waals surface area (Å²) in [6, 6.07) is 7.25. The third-order valence-corrected chi connectivity index (χ3v) is 4.34. The van der Waals surface area contributed by atoms with Gasteiger partial charge < -0.3 is 23.5 Å². The van der Waals surface area contributed by atoms with Crippen LogP contribution in [-0.4, -0.2) is 44.1 Å². The van der Waals surface area contributed by atoms with Crippen molar-refractivity contribution in [2.24, 2.45) is 0 Å². The van der Waals surface area contributed by atoms with Gasteiger partial charge in [0.2, 0.25) is 0 Å². The van der Waals surface area contributed by atoms with Crippen LogP contribution in [0.1, 0.15) is 16.9 Å². The molecule has 0 unspecified atom stereocenters. The van der Waals surface area contributed by atoms with E-state index in [9.17, 15) is 9.59 Å². The minimum atomic E-state index is -0.594. The summed E-state index contributed by atoms with van der Waals surface area (Å²) in [5, 5.41) is 0. The number of methoxy groups -OCH3 is 2. The second-order valence-electron chi connectivity index (χ2n) is 6.00. The maximum absolute atomic E-state index is 12.4. The van der Waals surface area contributed by atoms with Gasteiger partial charge in [-0.25, -0.2) is 4.79 Å². The molecule has 0 aliphatic carbocycles. The molecule has 1 aliphatic heterocycles. The summed E-state index contributed by atoms with van der Waals surface area (Å²) in [7, 11) is 3.17. The molecule has 3 rings (SSSR count). The molecule has 2 aromatic rings. The van der Waals surface area contributed by atoms with E-state index in [1.165, 1.54) is 18.4 Å². The number of carbonyl (C=O) groups excluding carboxylic acids is 2. The summed E-state index contributed by atoms with van der Waals surface area (Å²) < 4.78 is 20.7. The fourth-order valence-corrected chi connectivity index (χ4v) is 2.90. The molecule has 1 aromatic heterocycles. The topological polar surface area (TPSA) is 78.2 Å². The number of furan rings is 1. The first-order chi connectivity index (χ1) is 13.1. The molecule has 0 saturated heterocycles. The second kappa shape index (κ2) is 8.44. The number of ether oxygens (including phenoxy) is 3. The molecule has 7 heteroatoms. The van der Waals surface area contributed by atoms with Crippen LogP contribution in [0.2, 0.25) is 0 Å². The van der Waals surface area contributed by atoms with Gasteiger partial charge in [0.25, 0.3) is 5.91 Å². The van der Waals surface area contributed by atoms with Crippen LogP contribution in [0.4, 0.5) is 0 Å². The van der Waals surface area contributed by atoms with Gasteiger partial charge in [-0.15, -0.1) is 0 Å². The molecule has 0 N–H and O–H groups in total. The summed E-state index contributed by atoms with van der Waals surface area (Å²) in [6.45, 7) is 0.694. The van der Waals surface area contributed by atoms with Crippen molar-refractivity contribution >= 4 is 18.0 Å². The van der Waals surface area contributed by atoms with Gasteiger partial charge in [-0.1, -0.05) is 0 Å². The molecular formula is C20H21NO6. The van der Waals surface area contributed by atoms with E-state index in [-0.39, 0.29) is 12.5 Å². The first-order valence-corrected chi connectivity index (χ1v) is 8.50. The second-order valence-corrected chi connectivity index (χ2v) is 6.00. The van der Waals surface area contributed by atoms with Crippen molar-refractivity contribution in [1.29, 1.82) is 0 Å². The lowest BCUT2D eigenvalue weighted by Gasteiger charge is -2.29. The van der Waals surface area contributed by atoms with Crippen molar-refractivity contribution in [3.05, 3.63) is 53.5 Å². The molecule has 0 atom stereocenters. The number of esters is 1. The van der Waals surface area contributed by atoms with Gasteiger partial charge in [-0.05, 0) is 47.9 Å². The first kappa shape index (κ1) is 18.6. The number of nitrogens with zero attached hydrogens (tertiary/aromatic N) is 1. The molecular weight excluding hydrogens is 350 g/mol. The van der Waals surface area contributed by atoms with Crippen molar-refractivity contribution < 1.29 is 28.2 Å². The van der Waals surface area contributed by atoms with Crippen LogP contribution >= 0.6 is 0 Å². The molecule has 142 valence electrons. The molecule has 0 bridgehead atoms. The number of benzene rings is 1. The fourth-order valence-electron chi connectivity index (χ4n) is 2.90. The Balaban J connectivity index is 1.56. The molecule has 0 saturated carbocycles. The summed E-state index contributed by atoms with van der Waals surface area (Å²) >= 11 is 0. The Kier molecular flexibility index (Phi) is 5.80. The third kappa shape index (κ3) is 4.49. The highest BCUT2D eigenvalue weighted by molar-refractivity contribution is 5.89. The molecule has 2 heterocycles. The first-order valence-electron chi connectivity index (χ1n) is 8.50. The van der Waals surface area contributed by atoms with Gasteiger partial charge in [-0.2, -0.15) is 0 Å². The van der Waals surface area contributed by atoms with Crippen LogP contribution in [0.5, 0.6) is 11.5 Å². The highest BCUT2D eigenvalue weighted by atomic mass is 16.5. The Morgan fingerprint density at radius 1 is 1.19 bits per heavy atom. The van der Waals surface area contributed by atoms with Gasteiger partial charge in [-0.3, -0.25) is 4.79 Å². The van der Waals surface area contributed by atoms with Crippen molar-refractivity contribution in [3.63, 3.8) is 0 Å². The predicted octanol–water partition coefficient (Wildman–Crippen LogP) is 2.44. The van der Waals surface area contributed by atoms with E-state index in [1.807, 2.05) is 12.1 Å². The predicted molar refractivity (Wildman–Crippen MR) is 97.4 cm³/mol. The molecule has 0 radical (unpaired) electrons. The van der Waals surface area contributed by atoms with Crippen LogP contribution in [0, 0.1) is 0 Å². The molecule has 0 spiro atoms. The molecule has 27 heavy (non-hydrogen) atoms. The van der Waals surface area contributed by atoms with Crippen LogP contribution in [0.15, 0.2) is 41.0 Å². The molecule has 1 amide bonds. The minimum absolute atomic E-state index is 0.241. The number of hydrogen-bond acceptors (Lipinski definition) is 6. The van der Waals surface area contributed by atoms with E-state index in [4.69, 9.17) is 18.6 Å². The number of carbonyl (C=O) groups is 2. The number of rotatable bonds is 6. The standard InChI is InChI=1S/C20H21NO6/c1-24-17-10-14-7-8-21(12-15(14)11-18(17)25-2)19(22)13-27-20(23)6-5-16-4-3-9-26-16/h3-6,9-11H,7-8,12-13H2,1-2H3/b6-5+. The van der Waals surface area contributed by atoms with Gasteiger partial charge >= 0.3 is 5.97 Å². The Hall–Kier alpha value is -3.22.